The minimum absolute atomic E-state index is 0.499. The first kappa shape index (κ1) is 38.5. The van der Waals surface area contributed by atoms with Gasteiger partial charge in [0.25, 0.3) is 0 Å². The van der Waals surface area contributed by atoms with Gasteiger partial charge in [0.1, 0.15) is 0 Å². The Labute approximate surface area is 375 Å². The minimum Gasteiger partial charge on any atom is -0.310 e. The third kappa shape index (κ3) is 6.14. The van der Waals surface area contributed by atoms with Crippen molar-refractivity contribution in [3.05, 3.63) is 222 Å². The Morgan fingerprint density at radius 3 is 1.51 bits per heavy atom. The van der Waals surface area contributed by atoms with Gasteiger partial charge in [-0.2, -0.15) is 15.8 Å². The van der Waals surface area contributed by atoms with Crippen LogP contribution in [0, 0.1) is 47.5 Å². The summed E-state index contributed by atoms with van der Waals surface area (Å²) in [5.41, 5.74) is 16.2. The van der Waals surface area contributed by atoms with Crippen molar-refractivity contribution in [3.8, 4) is 74.1 Å². The summed E-state index contributed by atoms with van der Waals surface area (Å²) in [5, 5.41) is 34.0. The Kier molecular flexibility index (Phi) is 9.15. The van der Waals surface area contributed by atoms with Gasteiger partial charge in [0.2, 0.25) is 0 Å². The van der Waals surface area contributed by atoms with Crippen LogP contribution in [0.25, 0.3) is 104 Å². The molecule has 0 fully saturated rings. The van der Waals surface area contributed by atoms with Crippen LogP contribution in [0.1, 0.15) is 22.3 Å². The summed E-state index contributed by atoms with van der Waals surface area (Å²) in [4.78, 5) is 4.24. The number of aryl methyl sites for hydroxylation is 1. The predicted molar refractivity (Wildman–Crippen MR) is 262 cm³/mol. The largest absolute Gasteiger partial charge is 0.310 e. The maximum absolute atomic E-state index is 10.0. The fourth-order valence-corrected chi connectivity index (χ4v) is 9.70. The molecular formula is C59H34N6. The van der Waals surface area contributed by atoms with Gasteiger partial charge in [0.05, 0.1) is 69.2 Å². The van der Waals surface area contributed by atoms with Crippen LogP contribution < -0.4 is 0 Å². The van der Waals surface area contributed by atoms with Crippen LogP contribution in [0.4, 0.5) is 5.69 Å². The third-order valence-electron chi connectivity index (χ3n) is 12.6. The summed E-state index contributed by atoms with van der Waals surface area (Å²) in [6.45, 7) is 10.7. The smallest absolute Gasteiger partial charge is 0.197 e. The molecule has 0 bridgehead atoms. The first-order chi connectivity index (χ1) is 32.0. The first-order valence-corrected chi connectivity index (χ1v) is 21.2. The summed E-state index contributed by atoms with van der Waals surface area (Å²) < 4.78 is 4.56. The van der Waals surface area contributed by atoms with Gasteiger partial charge in [-0.15, -0.1) is 0 Å². The number of aromatic nitrogens is 2. The Morgan fingerprint density at radius 2 is 0.938 bits per heavy atom. The molecule has 0 aliphatic carbocycles. The van der Waals surface area contributed by atoms with Crippen molar-refractivity contribution in [2.75, 3.05) is 0 Å². The van der Waals surface area contributed by atoms with Gasteiger partial charge >= 0.3 is 0 Å². The highest BCUT2D eigenvalue weighted by molar-refractivity contribution is 6.13. The first-order valence-electron chi connectivity index (χ1n) is 21.2. The zero-order valence-corrected chi connectivity index (χ0v) is 35.1. The van der Waals surface area contributed by atoms with Crippen molar-refractivity contribution in [1.29, 1.82) is 15.8 Å². The lowest BCUT2D eigenvalue weighted by atomic mass is 9.92. The zero-order chi connectivity index (χ0) is 44.2. The summed E-state index contributed by atoms with van der Waals surface area (Å²) >= 11 is 0. The van der Waals surface area contributed by atoms with E-state index in [0.29, 0.717) is 22.4 Å². The molecule has 0 atom stereocenters. The lowest BCUT2D eigenvalue weighted by Gasteiger charge is -2.21. The molecule has 2 heterocycles. The predicted octanol–water partition coefficient (Wildman–Crippen LogP) is 15.0. The third-order valence-corrected chi connectivity index (χ3v) is 12.6. The standard InChI is InChI=1S/C59H34N6/c1-37-30-38(34-60)22-26-44(37)39-23-29-57(64-53-19-9-7-16-47(53)49-31-40(24-27-55(49)64)45-14-5-3-12-42(45)35-61)51(33-39)59-52(63-2)18-11-21-58(59)65-54-20-10-8-17-48(54)50-32-41(25-28-56(50)65)46-15-6-4-13-43(46)36-62/h3-33H,1H3. The van der Waals surface area contributed by atoms with Gasteiger partial charge in [0.15, 0.2) is 5.69 Å². The molecule has 0 unspecified atom stereocenters. The van der Waals surface area contributed by atoms with E-state index in [2.05, 4.69) is 129 Å². The lowest BCUT2D eigenvalue weighted by molar-refractivity contribution is 1.16. The average molecular weight is 827 g/mol. The van der Waals surface area contributed by atoms with E-state index in [1.807, 2.05) is 97.9 Å². The molecule has 0 N–H and O–H groups in total. The summed E-state index contributed by atoms with van der Waals surface area (Å²) in [6.07, 6.45) is 0. The Bertz CT molecular complexity index is 3970. The summed E-state index contributed by atoms with van der Waals surface area (Å²) in [5.74, 6) is 0. The fraction of sp³-hybridized carbons (Fsp3) is 0.0169. The molecule has 0 amide bonds. The number of nitriles is 3. The molecule has 0 aliphatic rings. The molecule has 0 spiro atoms. The van der Waals surface area contributed by atoms with Gasteiger partial charge in [-0.25, -0.2) is 4.85 Å². The number of hydrogen-bond acceptors (Lipinski definition) is 3. The summed E-state index contributed by atoms with van der Waals surface area (Å²) in [6, 6.07) is 70.1. The highest BCUT2D eigenvalue weighted by Gasteiger charge is 2.24. The number of fused-ring (bicyclic) bond motifs is 6. The maximum atomic E-state index is 10.0. The number of rotatable bonds is 6. The van der Waals surface area contributed by atoms with E-state index in [-0.39, 0.29) is 0 Å². The van der Waals surface area contributed by atoms with Crippen molar-refractivity contribution >= 4 is 49.3 Å². The SMILES string of the molecule is [C-]#[N+]c1cccc(-n2c3ccccc3c3cc(-c4ccccc4C#N)ccc32)c1-c1cc(-c2ccc(C#N)cc2C)ccc1-n1c2ccccc2c2cc(-c3ccccc3C#N)ccc21. The molecule has 0 radical (unpaired) electrons. The normalized spacial score (nSPS) is 11.1. The van der Waals surface area contributed by atoms with E-state index in [0.717, 1.165) is 105 Å². The molecule has 300 valence electrons. The van der Waals surface area contributed by atoms with Crippen LogP contribution in [-0.4, -0.2) is 9.13 Å². The van der Waals surface area contributed by atoms with E-state index >= 15 is 0 Å². The average Bonchev–Trinajstić information content (AvgIpc) is 3.87. The molecule has 6 heteroatoms. The second kappa shape index (κ2) is 15.5. The van der Waals surface area contributed by atoms with Gasteiger partial charge in [0, 0.05) is 32.8 Å². The molecule has 0 aliphatic heterocycles. The Hall–Kier alpha value is -9.46. The second-order valence-electron chi connectivity index (χ2n) is 16.1. The second-order valence-corrected chi connectivity index (χ2v) is 16.1. The highest BCUT2D eigenvalue weighted by atomic mass is 15.0. The van der Waals surface area contributed by atoms with Crippen LogP contribution in [0.15, 0.2) is 188 Å². The molecule has 11 aromatic rings. The molecule has 6 nitrogen and oxygen atoms in total. The molecule has 65 heavy (non-hydrogen) atoms. The Balaban J connectivity index is 1.23. The van der Waals surface area contributed by atoms with E-state index < -0.39 is 0 Å². The highest BCUT2D eigenvalue weighted by Crippen LogP contribution is 2.47. The van der Waals surface area contributed by atoms with Crippen LogP contribution in [-0.2, 0) is 0 Å². The van der Waals surface area contributed by atoms with Crippen LogP contribution >= 0.6 is 0 Å². The van der Waals surface area contributed by atoms with E-state index in [1.54, 1.807) is 0 Å². The van der Waals surface area contributed by atoms with Crippen LogP contribution in [0.5, 0.6) is 0 Å². The molecule has 9 aromatic carbocycles. The monoisotopic (exact) mass is 826 g/mol. The van der Waals surface area contributed by atoms with Crippen molar-refractivity contribution in [2.24, 2.45) is 0 Å². The number of nitrogens with zero attached hydrogens (tertiary/aromatic N) is 6. The molecular weight excluding hydrogens is 793 g/mol. The van der Waals surface area contributed by atoms with E-state index in [9.17, 15) is 15.8 Å². The van der Waals surface area contributed by atoms with Gasteiger partial charge in [-0.1, -0.05) is 109 Å². The fourth-order valence-electron chi connectivity index (χ4n) is 9.70. The van der Waals surface area contributed by atoms with E-state index in [1.165, 1.54) is 0 Å². The molecule has 0 saturated carbocycles. The van der Waals surface area contributed by atoms with Gasteiger partial charge in [-0.05, 0) is 130 Å². The van der Waals surface area contributed by atoms with Crippen LogP contribution in [0.3, 0.4) is 0 Å². The number of benzene rings is 9. The van der Waals surface area contributed by atoms with Gasteiger partial charge in [-0.3, -0.25) is 0 Å². The van der Waals surface area contributed by atoms with Crippen LogP contribution in [0.2, 0.25) is 0 Å². The van der Waals surface area contributed by atoms with Crippen molar-refractivity contribution in [3.63, 3.8) is 0 Å². The molecule has 2 aromatic heterocycles. The van der Waals surface area contributed by atoms with Crippen molar-refractivity contribution in [1.82, 2.24) is 9.13 Å². The topological polar surface area (TPSA) is 85.6 Å². The summed E-state index contributed by atoms with van der Waals surface area (Å²) in [7, 11) is 0. The number of hydrogen-bond donors (Lipinski definition) is 0. The van der Waals surface area contributed by atoms with Crippen molar-refractivity contribution < 1.29 is 0 Å². The molecule has 0 saturated heterocycles. The zero-order valence-electron chi connectivity index (χ0n) is 35.1. The minimum atomic E-state index is 0.499. The molecule has 11 rings (SSSR count). The quantitative estimate of drug-likeness (QED) is 0.156. The maximum Gasteiger partial charge on any atom is 0.197 e. The van der Waals surface area contributed by atoms with E-state index in [4.69, 9.17) is 6.57 Å². The lowest BCUT2D eigenvalue weighted by Crippen LogP contribution is -2.02. The number of para-hydroxylation sites is 2. The Morgan fingerprint density at radius 1 is 0.415 bits per heavy atom. The van der Waals surface area contributed by atoms with Crippen molar-refractivity contribution in [2.45, 2.75) is 6.92 Å². The van der Waals surface area contributed by atoms with Gasteiger partial charge < -0.3 is 9.13 Å².